The maximum atomic E-state index is 13.1. The Morgan fingerprint density at radius 3 is 2.61 bits per heavy atom. The molecule has 2 aromatic rings. The molecule has 0 saturated carbocycles. The molecule has 0 aliphatic carbocycles. The van der Waals surface area contributed by atoms with Crippen molar-refractivity contribution in [2.24, 2.45) is 5.92 Å². The molecule has 1 unspecified atom stereocenters. The maximum Gasteiger partial charge on any atom is 0.339 e. The number of carbonyl (C=O) groups excluding carboxylic acids is 2. The summed E-state index contributed by atoms with van der Waals surface area (Å²) in [4.78, 5) is 40.8. The minimum atomic E-state index is -0.400. The quantitative estimate of drug-likeness (QED) is 0.625. The second-order valence-corrected chi connectivity index (χ2v) is 8.78. The summed E-state index contributed by atoms with van der Waals surface area (Å²) in [6, 6.07) is 9.33. The van der Waals surface area contributed by atoms with E-state index in [1.807, 2.05) is 23.2 Å². The molecular formula is C25H33N5O3. The molecule has 8 heteroatoms. The summed E-state index contributed by atoms with van der Waals surface area (Å²) in [6.07, 6.45) is 3.98. The van der Waals surface area contributed by atoms with E-state index in [0.717, 1.165) is 64.5 Å². The van der Waals surface area contributed by atoms with Gasteiger partial charge in [-0.3, -0.25) is 9.69 Å². The molecule has 2 aliphatic rings. The third-order valence-corrected chi connectivity index (χ3v) is 6.47. The van der Waals surface area contributed by atoms with Gasteiger partial charge in [-0.05, 0) is 56.9 Å². The fourth-order valence-corrected chi connectivity index (χ4v) is 4.73. The first-order valence-electron chi connectivity index (χ1n) is 11.9. The molecule has 0 radical (unpaired) electrons. The Hall–Kier alpha value is -3.00. The van der Waals surface area contributed by atoms with Crippen molar-refractivity contribution in [1.82, 2.24) is 19.8 Å². The lowest BCUT2D eigenvalue weighted by atomic mass is 9.96. The molecule has 2 aromatic heterocycles. The van der Waals surface area contributed by atoms with Gasteiger partial charge < -0.3 is 14.5 Å². The number of ether oxygens (including phenoxy) is 1. The van der Waals surface area contributed by atoms with E-state index in [1.165, 1.54) is 0 Å². The normalized spacial score (nSPS) is 19.4. The predicted octanol–water partition coefficient (Wildman–Crippen LogP) is 2.64. The summed E-state index contributed by atoms with van der Waals surface area (Å²) >= 11 is 0. The van der Waals surface area contributed by atoms with Crippen molar-refractivity contribution in [3.05, 3.63) is 53.5 Å². The van der Waals surface area contributed by atoms with Crippen LogP contribution in [0.2, 0.25) is 0 Å². The fraction of sp³-hybridized carbons (Fsp3) is 0.520. The first-order valence-corrected chi connectivity index (χ1v) is 11.9. The third kappa shape index (κ3) is 5.68. The zero-order valence-corrected chi connectivity index (χ0v) is 19.6. The SMILES string of the molecule is CCOC(=O)c1ccc(C(=O)N2CCCC(CN3CCN(c4ccccn4)CC3)C2)nc1C. The summed E-state index contributed by atoms with van der Waals surface area (Å²) in [5, 5.41) is 0. The number of amides is 1. The van der Waals surface area contributed by atoms with Crippen LogP contribution in [0.1, 0.15) is 46.3 Å². The van der Waals surface area contributed by atoms with Crippen LogP contribution in [0.4, 0.5) is 5.82 Å². The van der Waals surface area contributed by atoms with Gasteiger partial charge in [0, 0.05) is 52.0 Å². The van der Waals surface area contributed by atoms with Crippen molar-refractivity contribution in [3.63, 3.8) is 0 Å². The summed E-state index contributed by atoms with van der Waals surface area (Å²) in [5.41, 5.74) is 1.33. The van der Waals surface area contributed by atoms with Gasteiger partial charge in [0.15, 0.2) is 0 Å². The number of carbonyl (C=O) groups is 2. The van der Waals surface area contributed by atoms with E-state index in [2.05, 4.69) is 25.8 Å². The number of likely N-dealkylation sites (tertiary alicyclic amines) is 1. The smallest absolute Gasteiger partial charge is 0.339 e. The summed E-state index contributed by atoms with van der Waals surface area (Å²) in [6.45, 7) is 10.3. The van der Waals surface area contributed by atoms with Crippen LogP contribution in [0, 0.1) is 12.8 Å². The highest BCUT2D eigenvalue weighted by atomic mass is 16.5. The van der Waals surface area contributed by atoms with Crippen molar-refractivity contribution >= 4 is 17.7 Å². The summed E-state index contributed by atoms with van der Waals surface area (Å²) < 4.78 is 5.06. The van der Waals surface area contributed by atoms with Crippen LogP contribution in [-0.2, 0) is 4.74 Å². The zero-order chi connectivity index (χ0) is 23.2. The van der Waals surface area contributed by atoms with Crippen molar-refractivity contribution < 1.29 is 14.3 Å². The van der Waals surface area contributed by atoms with Gasteiger partial charge in [0.2, 0.25) is 0 Å². The number of esters is 1. The maximum absolute atomic E-state index is 13.1. The number of hydrogen-bond acceptors (Lipinski definition) is 7. The zero-order valence-electron chi connectivity index (χ0n) is 19.6. The lowest BCUT2D eigenvalue weighted by molar-refractivity contribution is 0.0523. The van der Waals surface area contributed by atoms with Gasteiger partial charge in [-0.25, -0.2) is 14.8 Å². The first-order chi connectivity index (χ1) is 16.0. The third-order valence-electron chi connectivity index (χ3n) is 6.47. The monoisotopic (exact) mass is 451 g/mol. The average molecular weight is 452 g/mol. The minimum absolute atomic E-state index is 0.0572. The predicted molar refractivity (Wildman–Crippen MR) is 126 cm³/mol. The summed E-state index contributed by atoms with van der Waals surface area (Å²) in [7, 11) is 0. The number of nitrogens with zero attached hydrogens (tertiary/aromatic N) is 5. The average Bonchev–Trinajstić information content (AvgIpc) is 2.85. The molecule has 0 N–H and O–H groups in total. The van der Waals surface area contributed by atoms with Crippen molar-refractivity contribution in [1.29, 1.82) is 0 Å². The minimum Gasteiger partial charge on any atom is -0.462 e. The number of anilines is 1. The number of piperidine rings is 1. The Bertz CT molecular complexity index is 960. The van der Waals surface area contributed by atoms with Gasteiger partial charge in [0.1, 0.15) is 11.5 Å². The molecule has 1 amide bonds. The van der Waals surface area contributed by atoms with Gasteiger partial charge in [0.05, 0.1) is 17.9 Å². The van der Waals surface area contributed by atoms with Crippen LogP contribution in [-0.4, -0.2) is 84.1 Å². The topological polar surface area (TPSA) is 78.9 Å². The number of hydrogen-bond donors (Lipinski definition) is 0. The molecule has 2 fully saturated rings. The molecule has 4 heterocycles. The molecule has 4 rings (SSSR count). The van der Waals surface area contributed by atoms with Crippen LogP contribution >= 0.6 is 0 Å². The summed E-state index contributed by atoms with van der Waals surface area (Å²) in [5.74, 6) is 1.05. The lowest BCUT2D eigenvalue weighted by Gasteiger charge is -2.39. The van der Waals surface area contributed by atoms with Crippen LogP contribution in [0.25, 0.3) is 0 Å². The Balaban J connectivity index is 1.31. The van der Waals surface area contributed by atoms with Gasteiger partial charge in [-0.2, -0.15) is 0 Å². The molecule has 1 atom stereocenters. The molecule has 176 valence electrons. The largest absolute Gasteiger partial charge is 0.462 e. The van der Waals surface area contributed by atoms with Crippen molar-refractivity contribution in [3.8, 4) is 0 Å². The van der Waals surface area contributed by atoms with Gasteiger partial charge in [-0.1, -0.05) is 6.07 Å². The fourth-order valence-electron chi connectivity index (χ4n) is 4.73. The second kappa shape index (κ2) is 10.7. The highest BCUT2D eigenvalue weighted by Crippen LogP contribution is 2.21. The molecule has 0 aromatic carbocycles. The Morgan fingerprint density at radius 2 is 1.91 bits per heavy atom. The van der Waals surface area contributed by atoms with Crippen LogP contribution in [0.5, 0.6) is 0 Å². The van der Waals surface area contributed by atoms with E-state index in [-0.39, 0.29) is 5.91 Å². The van der Waals surface area contributed by atoms with E-state index in [4.69, 9.17) is 4.74 Å². The Morgan fingerprint density at radius 1 is 1.09 bits per heavy atom. The highest BCUT2D eigenvalue weighted by Gasteiger charge is 2.28. The van der Waals surface area contributed by atoms with Crippen LogP contribution < -0.4 is 4.90 Å². The number of aromatic nitrogens is 2. The lowest BCUT2D eigenvalue weighted by Crippen LogP contribution is -2.50. The van der Waals surface area contributed by atoms with Crippen molar-refractivity contribution in [2.45, 2.75) is 26.7 Å². The van der Waals surface area contributed by atoms with E-state index in [9.17, 15) is 9.59 Å². The Kier molecular flexibility index (Phi) is 7.54. The van der Waals surface area contributed by atoms with Crippen LogP contribution in [0.3, 0.4) is 0 Å². The van der Waals surface area contributed by atoms with E-state index in [0.29, 0.717) is 29.5 Å². The van der Waals surface area contributed by atoms with Gasteiger partial charge in [-0.15, -0.1) is 0 Å². The standard InChI is InChI=1S/C25H33N5O3/c1-3-33-25(32)21-9-10-22(27-19(21)2)24(31)30-12-6-7-20(18-30)17-28-13-15-29(16-14-28)23-8-4-5-11-26-23/h4-5,8-11,20H,3,6-7,12-18H2,1-2H3. The first kappa shape index (κ1) is 23.2. The van der Waals surface area contributed by atoms with E-state index >= 15 is 0 Å². The highest BCUT2D eigenvalue weighted by molar-refractivity contribution is 5.95. The molecule has 8 nitrogen and oxygen atoms in total. The van der Waals surface area contributed by atoms with Crippen molar-refractivity contribution in [2.75, 3.05) is 57.3 Å². The number of aryl methyl sites for hydroxylation is 1. The molecule has 0 spiro atoms. The molecule has 33 heavy (non-hydrogen) atoms. The molecular weight excluding hydrogens is 418 g/mol. The van der Waals surface area contributed by atoms with Gasteiger partial charge >= 0.3 is 5.97 Å². The van der Waals surface area contributed by atoms with Gasteiger partial charge in [0.25, 0.3) is 5.91 Å². The number of pyridine rings is 2. The van der Waals surface area contributed by atoms with Crippen LogP contribution in [0.15, 0.2) is 36.5 Å². The number of piperazine rings is 1. The molecule has 0 bridgehead atoms. The number of rotatable bonds is 6. The molecule has 2 aliphatic heterocycles. The Labute approximate surface area is 195 Å². The second-order valence-electron chi connectivity index (χ2n) is 8.78. The van der Waals surface area contributed by atoms with E-state index in [1.54, 1.807) is 26.0 Å². The molecule has 2 saturated heterocycles. The van der Waals surface area contributed by atoms with E-state index < -0.39 is 5.97 Å².